The van der Waals surface area contributed by atoms with E-state index in [-0.39, 0.29) is 24.0 Å². The summed E-state index contributed by atoms with van der Waals surface area (Å²) in [6.45, 7) is 6.23. The lowest BCUT2D eigenvalue weighted by atomic mass is 10.1. The third-order valence-corrected chi connectivity index (χ3v) is 1.73. The summed E-state index contributed by atoms with van der Waals surface area (Å²) in [6.07, 6.45) is 1.84. The Bertz CT molecular complexity index is 277. The van der Waals surface area contributed by atoms with Gasteiger partial charge in [0.1, 0.15) is 0 Å². The van der Waals surface area contributed by atoms with Crippen LogP contribution in [0.4, 0.5) is 0 Å². The highest BCUT2D eigenvalue weighted by Gasteiger charge is 1.93. The molecule has 1 aromatic rings. The third kappa shape index (κ3) is 10.3. The van der Waals surface area contributed by atoms with Gasteiger partial charge in [0.25, 0.3) is 0 Å². The van der Waals surface area contributed by atoms with E-state index in [4.69, 9.17) is 18.6 Å². The Balaban J connectivity index is 0. The first-order chi connectivity index (χ1) is 6.22. The van der Waals surface area contributed by atoms with Crippen LogP contribution in [0.1, 0.15) is 16.8 Å². The van der Waals surface area contributed by atoms with Crippen molar-refractivity contribution in [3.05, 3.63) is 29.1 Å². The van der Waals surface area contributed by atoms with E-state index in [9.17, 15) is 0 Å². The molecule has 0 amide bonds. The van der Waals surface area contributed by atoms with E-state index >= 15 is 0 Å². The lowest BCUT2D eigenvalue weighted by Gasteiger charge is -2.17. The molecule has 5 nitrogen and oxygen atoms in total. The van der Waals surface area contributed by atoms with Gasteiger partial charge in [-0.3, -0.25) is 4.98 Å². The molecule has 88 valence electrons. The number of halogens is 2. The number of aromatic nitrogens is 1. The monoisotopic (exact) mass is 349 g/mol. The number of pyridine rings is 1. The molecule has 15 heavy (non-hydrogen) atoms. The van der Waals surface area contributed by atoms with Gasteiger partial charge in [-0.05, 0) is 38.0 Å². The second-order valence-corrected chi connectivity index (χ2v) is 3.47. The van der Waals surface area contributed by atoms with Gasteiger partial charge in [0.15, 0.2) is 0 Å². The van der Waals surface area contributed by atoms with Crippen molar-refractivity contribution in [3.63, 3.8) is 0 Å². The largest absolute Gasteiger partial charge is 0.261 e. The molecule has 0 saturated heterocycles. The molecule has 0 bridgehead atoms. The second-order valence-electron chi connectivity index (χ2n) is 2.72. The van der Waals surface area contributed by atoms with Gasteiger partial charge in [-0.2, -0.15) is 0 Å². The van der Waals surface area contributed by atoms with Crippen LogP contribution in [0.15, 0.2) is 12.3 Å². The predicted octanol–water partition coefficient (Wildman–Crippen LogP) is -6.28. The highest BCUT2D eigenvalue weighted by Crippen LogP contribution is 2.06. The molecule has 1 rings (SSSR count). The minimum atomic E-state index is -4.94. The number of nitrogens with zero attached hydrogens (tertiary/aromatic N) is 1. The Morgan fingerprint density at radius 1 is 1.07 bits per heavy atom. The van der Waals surface area contributed by atoms with Gasteiger partial charge in [0.05, 0.1) is 0 Å². The molecular weight excluding hydrogens is 336 g/mol. The lowest BCUT2D eigenvalue weighted by molar-refractivity contribution is -2.00. The molecule has 0 aromatic carbocycles. The van der Waals surface area contributed by atoms with Crippen LogP contribution in [0.2, 0.25) is 0 Å². The summed E-state index contributed by atoms with van der Waals surface area (Å²) in [7, 11) is -4.94. The number of hydrogen-bond donors (Lipinski definition) is 0. The Morgan fingerprint density at radius 3 is 1.73 bits per heavy atom. The predicted molar refractivity (Wildman–Crippen MR) is 41.2 cm³/mol. The molecule has 1 heterocycles. The van der Waals surface area contributed by atoms with Gasteiger partial charge in [0.2, 0.25) is 24.0 Å². The van der Waals surface area contributed by atoms with Crippen LogP contribution in [0.5, 0.6) is 0 Å². The maximum absolute atomic E-state index is 8.49. The van der Waals surface area contributed by atoms with Crippen LogP contribution in [0, 0.1) is 31.0 Å². The quantitative estimate of drug-likeness (QED) is 0.433. The summed E-state index contributed by atoms with van der Waals surface area (Å²) in [6, 6.07) is 2.03. The highest BCUT2D eigenvalue weighted by atomic mass is 127. The van der Waals surface area contributed by atoms with Crippen molar-refractivity contribution in [3.8, 4) is 0 Å². The molecule has 1 aromatic heterocycles. The normalized spacial score (nSPS) is 9.80. The van der Waals surface area contributed by atoms with E-state index in [0.29, 0.717) is 0 Å². The molecule has 0 aliphatic heterocycles. The summed E-state index contributed by atoms with van der Waals surface area (Å²) in [4.78, 5) is 4.14. The Hall–Kier alpha value is 0.01000. The molecule has 0 N–H and O–H groups in total. The van der Waals surface area contributed by atoms with E-state index < -0.39 is 10.2 Å². The zero-order valence-electron chi connectivity index (χ0n) is 8.56. The maximum Gasteiger partial charge on any atom is 0.235 e. The Labute approximate surface area is 108 Å². The third-order valence-electron chi connectivity index (χ3n) is 1.73. The minimum absolute atomic E-state index is 0. The van der Waals surface area contributed by atoms with Gasteiger partial charge in [-0.15, -0.1) is 10.2 Å². The van der Waals surface area contributed by atoms with Crippen LogP contribution in [-0.4, -0.2) is 4.98 Å². The summed E-state index contributed by atoms with van der Waals surface area (Å²) in [5.41, 5.74) is 3.76. The zero-order valence-corrected chi connectivity index (χ0v) is 11.9. The van der Waals surface area contributed by atoms with Gasteiger partial charge in [-0.1, -0.05) is 0 Å². The topological polar surface area (TPSA) is 105 Å². The number of hydrogen-bond acceptors (Lipinski definition) is 5. The van der Waals surface area contributed by atoms with Crippen molar-refractivity contribution in [2.24, 2.45) is 0 Å². The molecule has 7 heteroatoms. The van der Waals surface area contributed by atoms with Crippen molar-refractivity contribution in [2.75, 3.05) is 0 Å². The van der Waals surface area contributed by atoms with E-state index in [1.807, 2.05) is 19.2 Å². The van der Waals surface area contributed by atoms with Crippen LogP contribution in [0.3, 0.4) is 0 Å². The molecule has 0 aliphatic rings. The van der Waals surface area contributed by atoms with Gasteiger partial charge >= 0.3 is 0 Å². The number of aryl methyl sites for hydroxylation is 2. The molecule has 0 spiro atoms. The molecule has 0 saturated carbocycles. The maximum atomic E-state index is 8.49. The molecule has 0 aliphatic carbocycles. The van der Waals surface area contributed by atoms with E-state index in [1.165, 1.54) is 11.1 Å². The first kappa shape index (κ1) is 17.4. The standard InChI is InChI=1S/C8H11N.ClHO4.H2I/c1-6-4-5-9-8(3)7(6)2;2-1(3,4)5;/h4-5H,1-3H3;(H,2,3,4,5);1H2/q;;+1/p-1. The smallest absolute Gasteiger partial charge is 0.235 e. The summed E-state index contributed by atoms with van der Waals surface area (Å²) in [5, 5.41) is 0. The van der Waals surface area contributed by atoms with E-state index in [0.717, 1.165) is 5.69 Å². The first-order valence-electron chi connectivity index (χ1n) is 3.72. The molecule has 0 radical (unpaired) electrons. The Morgan fingerprint density at radius 2 is 1.47 bits per heavy atom. The fourth-order valence-corrected chi connectivity index (χ4v) is 0.768. The molecule has 0 atom stereocenters. The molecule has 0 fully saturated rings. The van der Waals surface area contributed by atoms with Crippen molar-refractivity contribution < 1.29 is 52.9 Å². The summed E-state index contributed by atoms with van der Waals surface area (Å²) < 4.78 is 34.0. The highest BCUT2D eigenvalue weighted by molar-refractivity contribution is 5.25. The van der Waals surface area contributed by atoms with Gasteiger partial charge in [0, 0.05) is 11.9 Å². The van der Waals surface area contributed by atoms with Gasteiger partial charge in [-0.25, -0.2) is 18.6 Å². The average molecular weight is 350 g/mol. The molecular formula is C8H13ClINO4. The van der Waals surface area contributed by atoms with Crippen molar-refractivity contribution in [1.29, 1.82) is 0 Å². The van der Waals surface area contributed by atoms with Crippen molar-refractivity contribution >= 4 is 0 Å². The number of rotatable bonds is 0. The average Bonchev–Trinajstić information content (AvgIpc) is 1.97. The Kier molecular flexibility index (Phi) is 8.48. The summed E-state index contributed by atoms with van der Waals surface area (Å²) in [5.74, 6) is 0. The summed E-state index contributed by atoms with van der Waals surface area (Å²) >= 11 is 0. The fraction of sp³-hybridized carbons (Fsp3) is 0.375. The minimum Gasteiger partial charge on any atom is -0.261 e. The lowest BCUT2D eigenvalue weighted by Crippen LogP contribution is -3.00. The zero-order chi connectivity index (χ0) is 11.4. The van der Waals surface area contributed by atoms with Crippen molar-refractivity contribution in [2.45, 2.75) is 20.8 Å². The van der Waals surface area contributed by atoms with E-state index in [1.54, 1.807) is 0 Å². The van der Waals surface area contributed by atoms with Crippen LogP contribution < -0.4 is 42.6 Å². The van der Waals surface area contributed by atoms with E-state index in [2.05, 4.69) is 18.8 Å². The van der Waals surface area contributed by atoms with Crippen molar-refractivity contribution in [1.82, 2.24) is 4.98 Å². The molecule has 0 unspecified atom stereocenters. The van der Waals surface area contributed by atoms with Crippen LogP contribution in [-0.2, 0) is 0 Å². The second kappa shape index (κ2) is 7.31. The van der Waals surface area contributed by atoms with Crippen LogP contribution >= 0.6 is 0 Å². The fourth-order valence-electron chi connectivity index (χ4n) is 0.768. The van der Waals surface area contributed by atoms with Crippen LogP contribution in [0.25, 0.3) is 0 Å². The SMILES string of the molecule is Cc1ccnc(C)c1C.[IH2+].[O-][Cl+3]([O-])([O-])[O-]. The van der Waals surface area contributed by atoms with Gasteiger partial charge < -0.3 is 0 Å². The first-order valence-corrected chi connectivity index (χ1v) is 4.96.